The monoisotopic (exact) mass is 270 g/mol. The number of hydrogen-bond acceptors (Lipinski definition) is 4. The van der Waals surface area contributed by atoms with Gasteiger partial charge >= 0.3 is 0 Å². The van der Waals surface area contributed by atoms with Crippen molar-refractivity contribution in [1.29, 1.82) is 0 Å². The summed E-state index contributed by atoms with van der Waals surface area (Å²) in [4.78, 5) is 0.259. The molecule has 1 aromatic rings. The average molecular weight is 270 g/mol. The molecule has 0 spiro atoms. The predicted octanol–water partition coefficient (Wildman–Crippen LogP) is 1.77. The Morgan fingerprint density at radius 1 is 1.17 bits per heavy atom. The van der Waals surface area contributed by atoms with E-state index in [9.17, 15) is 13.5 Å². The summed E-state index contributed by atoms with van der Waals surface area (Å²) in [5.41, 5.74) is 0. The van der Waals surface area contributed by atoms with E-state index in [0.717, 1.165) is 12.8 Å². The third-order valence-electron chi connectivity index (χ3n) is 3.45. The zero-order valence-corrected chi connectivity index (χ0v) is 11.2. The van der Waals surface area contributed by atoms with Gasteiger partial charge in [-0.15, -0.1) is 0 Å². The molecule has 1 fully saturated rings. The summed E-state index contributed by atoms with van der Waals surface area (Å²) < 4.78 is 29.8. The van der Waals surface area contributed by atoms with Gasteiger partial charge in [0.25, 0.3) is 0 Å². The molecule has 0 unspecified atom stereocenters. The average Bonchev–Trinajstić information content (AvgIpc) is 2.39. The van der Waals surface area contributed by atoms with E-state index in [1.54, 1.807) is 12.1 Å². The number of benzene rings is 1. The van der Waals surface area contributed by atoms with Crippen LogP contribution in [-0.2, 0) is 9.84 Å². The molecule has 0 aromatic heterocycles. The highest BCUT2D eigenvalue weighted by atomic mass is 32.2. The number of ether oxygens (including phenoxy) is 1. The third kappa shape index (κ3) is 2.52. The predicted molar refractivity (Wildman–Crippen MR) is 68.4 cm³/mol. The van der Waals surface area contributed by atoms with Gasteiger partial charge in [-0.05, 0) is 37.1 Å². The van der Waals surface area contributed by atoms with Gasteiger partial charge in [-0.1, -0.05) is 12.8 Å². The van der Waals surface area contributed by atoms with Gasteiger partial charge in [0.2, 0.25) is 0 Å². The molecule has 0 bridgehead atoms. The summed E-state index contributed by atoms with van der Waals surface area (Å²) in [6.45, 7) is 0. The van der Waals surface area contributed by atoms with Crippen molar-refractivity contribution >= 4 is 9.84 Å². The van der Waals surface area contributed by atoms with Gasteiger partial charge in [0.05, 0.1) is 23.4 Å². The van der Waals surface area contributed by atoms with Crippen molar-refractivity contribution in [2.24, 2.45) is 0 Å². The fourth-order valence-electron chi connectivity index (χ4n) is 2.38. The van der Waals surface area contributed by atoms with Crippen LogP contribution in [-0.4, -0.2) is 32.0 Å². The van der Waals surface area contributed by atoms with Gasteiger partial charge in [-0.3, -0.25) is 0 Å². The van der Waals surface area contributed by atoms with Gasteiger partial charge in [0.15, 0.2) is 9.84 Å². The lowest BCUT2D eigenvalue weighted by molar-refractivity contribution is 0.133. The van der Waals surface area contributed by atoms with E-state index < -0.39 is 21.2 Å². The smallest absolute Gasteiger partial charge is 0.183 e. The molecule has 4 nitrogen and oxygen atoms in total. The topological polar surface area (TPSA) is 63.6 Å². The molecule has 1 aromatic carbocycles. The van der Waals surface area contributed by atoms with Crippen LogP contribution in [0.1, 0.15) is 25.7 Å². The first-order valence-corrected chi connectivity index (χ1v) is 7.66. The van der Waals surface area contributed by atoms with Crippen molar-refractivity contribution in [3.63, 3.8) is 0 Å². The second kappa shape index (κ2) is 5.28. The highest BCUT2D eigenvalue weighted by Gasteiger charge is 2.35. The number of aliphatic hydroxyl groups excluding tert-OH is 1. The second-order valence-electron chi connectivity index (χ2n) is 4.61. The lowest BCUT2D eigenvalue weighted by Crippen LogP contribution is -2.36. The zero-order valence-electron chi connectivity index (χ0n) is 10.4. The summed E-state index contributed by atoms with van der Waals surface area (Å²) in [5.74, 6) is 0.623. The Labute approximate surface area is 108 Å². The summed E-state index contributed by atoms with van der Waals surface area (Å²) in [5, 5.41) is 9.20. The molecule has 0 heterocycles. The minimum Gasteiger partial charge on any atom is -0.497 e. The first kappa shape index (κ1) is 13.4. The van der Waals surface area contributed by atoms with Crippen molar-refractivity contribution in [1.82, 2.24) is 0 Å². The van der Waals surface area contributed by atoms with Crippen LogP contribution in [0.25, 0.3) is 0 Å². The van der Waals surface area contributed by atoms with Crippen LogP contribution in [0, 0.1) is 0 Å². The molecule has 1 aliphatic carbocycles. The number of hydrogen-bond donors (Lipinski definition) is 1. The Morgan fingerprint density at radius 2 is 1.78 bits per heavy atom. The van der Waals surface area contributed by atoms with Gasteiger partial charge in [-0.2, -0.15) is 0 Å². The summed E-state index contributed by atoms with van der Waals surface area (Å²) in [7, 11) is -1.91. The van der Waals surface area contributed by atoms with Crippen LogP contribution in [0.3, 0.4) is 0 Å². The maximum Gasteiger partial charge on any atom is 0.183 e. The SMILES string of the molecule is COc1ccc(S(=O)(=O)[C@H]2CCCC[C@@H]2O)cc1. The summed E-state index contributed by atoms with van der Waals surface area (Å²) in [6, 6.07) is 6.33. The fraction of sp³-hybridized carbons (Fsp3) is 0.538. The molecule has 100 valence electrons. The van der Waals surface area contributed by atoms with Crippen molar-refractivity contribution in [2.45, 2.75) is 41.9 Å². The second-order valence-corrected chi connectivity index (χ2v) is 6.78. The third-order valence-corrected chi connectivity index (χ3v) is 5.73. The minimum absolute atomic E-state index is 0.259. The first-order valence-electron chi connectivity index (χ1n) is 6.11. The normalized spacial score (nSPS) is 24.8. The van der Waals surface area contributed by atoms with E-state index >= 15 is 0 Å². The molecular formula is C13H18O4S. The van der Waals surface area contributed by atoms with Gasteiger partial charge in [-0.25, -0.2) is 8.42 Å². The van der Waals surface area contributed by atoms with Crippen molar-refractivity contribution < 1.29 is 18.3 Å². The van der Waals surface area contributed by atoms with Gasteiger partial charge in [0, 0.05) is 0 Å². The van der Waals surface area contributed by atoms with Crippen molar-refractivity contribution in [3.8, 4) is 5.75 Å². The maximum absolute atomic E-state index is 12.4. The van der Waals surface area contributed by atoms with Crippen LogP contribution in [0.15, 0.2) is 29.2 Å². The highest BCUT2D eigenvalue weighted by molar-refractivity contribution is 7.92. The van der Waals surface area contributed by atoms with E-state index in [4.69, 9.17) is 4.74 Å². The lowest BCUT2D eigenvalue weighted by atomic mass is 9.97. The molecule has 0 amide bonds. The molecule has 1 aliphatic rings. The van der Waals surface area contributed by atoms with E-state index in [2.05, 4.69) is 0 Å². The van der Waals surface area contributed by atoms with Crippen LogP contribution in [0.5, 0.6) is 5.75 Å². The Balaban J connectivity index is 2.28. The van der Waals surface area contributed by atoms with Crippen molar-refractivity contribution in [2.75, 3.05) is 7.11 Å². The molecule has 2 rings (SSSR count). The number of methoxy groups -OCH3 is 1. The molecule has 1 N–H and O–H groups in total. The van der Waals surface area contributed by atoms with Gasteiger partial charge in [0.1, 0.15) is 5.75 Å². The number of rotatable bonds is 3. The van der Waals surface area contributed by atoms with Gasteiger partial charge < -0.3 is 9.84 Å². The molecular weight excluding hydrogens is 252 g/mol. The molecule has 0 aliphatic heterocycles. The van der Waals surface area contributed by atoms with Crippen LogP contribution >= 0.6 is 0 Å². The number of sulfone groups is 1. The first-order chi connectivity index (χ1) is 8.55. The maximum atomic E-state index is 12.4. The quantitative estimate of drug-likeness (QED) is 0.909. The molecule has 18 heavy (non-hydrogen) atoms. The summed E-state index contributed by atoms with van der Waals surface area (Å²) >= 11 is 0. The van der Waals surface area contributed by atoms with Crippen LogP contribution < -0.4 is 4.74 Å². The Hall–Kier alpha value is -1.07. The van der Waals surface area contributed by atoms with E-state index in [-0.39, 0.29) is 4.90 Å². The highest BCUT2D eigenvalue weighted by Crippen LogP contribution is 2.29. The van der Waals surface area contributed by atoms with E-state index in [1.807, 2.05) is 0 Å². The fourth-order valence-corrected chi connectivity index (χ4v) is 4.27. The Bertz CT molecular complexity index is 492. The Kier molecular flexibility index (Phi) is 3.92. The van der Waals surface area contributed by atoms with Crippen molar-refractivity contribution in [3.05, 3.63) is 24.3 Å². The van der Waals surface area contributed by atoms with E-state index in [0.29, 0.717) is 18.6 Å². The molecule has 2 atom stereocenters. The molecule has 1 saturated carbocycles. The Morgan fingerprint density at radius 3 is 2.33 bits per heavy atom. The molecule has 0 radical (unpaired) electrons. The van der Waals surface area contributed by atoms with E-state index in [1.165, 1.54) is 19.2 Å². The summed E-state index contributed by atoms with van der Waals surface area (Å²) in [6.07, 6.45) is 2.12. The molecule has 5 heteroatoms. The molecule has 0 saturated heterocycles. The largest absolute Gasteiger partial charge is 0.497 e. The van der Waals surface area contributed by atoms with Crippen LogP contribution in [0.2, 0.25) is 0 Å². The van der Waals surface area contributed by atoms with Crippen LogP contribution in [0.4, 0.5) is 0 Å². The lowest BCUT2D eigenvalue weighted by Gasteiger charge is -2.27. The zero-order chi connectivity index (χ0) is 13.2. The minimum atomic E-state index is -3.44. The standard InChI is InChI=1S/C13H18O4S/c1-17-10-6-8-11(9-7-10)18(15,16)13-5-3-2-4-12(13)14/h6-9,12-14H,2-5H2,1H3/t12-,13-/m0/s1. The number of aliphatic hydroxyl groups is 1.